The van der Waals surface area contributed by atoms with Crippen LogP contribution in [-0.4, -0.2) is 71.7 Å². The summed E-state index contributed by atoms with van der Waals surface area (Å²) in [6.45, 7) is 2.47. The zero-order valence-electron chi connectivity index (χ0n) is 15.6. The van der Waals surface area contributed by atoms with Crippen molar-refractivity contribution >= 4 is 27.2 Å². The van der Waals surface area contributed by atoms with Crippen molar-refractivity contribution in [3.8, 4) is 0 Å². The molecule has 4 rings (SSSR count). The van der Waals surface area contributed by atoms with Gasteiger partial charge >= 0.3 is 5.76 Å². The average molecular weight is 408 g/mol. The molecule has 0 saturated carbocycles. The number of fused-ring (bicyclic) bond motifs is 1. The summed E-state index contributed by atoms with van der Waals surface area (Å²) in [5.41, 5.74) is 1.02. The summed E-state index contributed by atoms with van der Waals surface area (Å²) in [7, 11) is -3.46. The van der Waals surface area contributed by atoms with Gasteiger partial charge in [0.05, 0.1) is 5.52 Å². The molecule has 0 radical (unpaired) electrons. The number of benzene rings is 1. The lowest BCUT2D eigenvalue weighted by Gasteiger charge is -2.26. The number of nitrogens with zero attached hydrogens (tertiary/aromatic N) is 4. The maximum Gasteiger partial charge on any atom is 0.420 e. The van der Waals surface area contributed by atoms with E-state index in [9.17, 15) is 18.0 Å². The van der Waals surface area contributed by atoms with Crippen LogP contribution in [0.25, 0.3) is 11.1 Å². The number of rotatable bonds is 4. The monoisotopic (exact) mass is 408 g/mol. The Labute approximate surface area is 163 Å². The number of carbonyl (C=O) groups excluding carboxylic acids is 1. The molecular weight excluding hydrogens is 384 g/mol. The number of aromatic nitrogens is 1. The highest BCUT2D eigenvalue weighted by atomic mass is 32.2. The highest BCUT2D eigenvalue weighted by Gasteiger charge is 2.33. The second-order valence-corrected chi connectivity index (χ2v) is 9.10. The minimum absolute atomic E-state index is 0.116. The molecule has 0 unspecified atom stereocenters. The van der Waals surface area contributed by atoms with Gasteiger partial charge in [-0.3, -0.25) is 9.36 Å². The van der Waals surface area contributed by atoms with Crippen molar-refractivity contribution in [3.63, 3.8) is 0 Å². The van der Waals surface area contributed by atoms with Crippen LogP contribution in [0.4, 0.5) is 0 Å². The molecule has 9 nitrogen and oxygen atoms in total. The smallest absolute Gasteiger partial charge is 0.408 e. The molecule has 2 fully saturated rings. The van der Waals surface area contributed by atoms with Crippen molar-refractivity contribution in [2.45, 2.75) is 25.8 Å². The molecule has 0 aliphatic carbocycles. The first-order chi connectivity index (χ1) is 13.5. The number of hydrogen-bond acceptors (Lipinski definition) is 5. The molecule has 3 heterocycles. The Kier molecular flexibility index (Phi) is 5.26. The van der Waals surface area contributed by atoms with E-state index >= 15 is 0 Å². The molecule has 1 aromatic heterocycles. The first kappa shape index (κ1) is 19.2. The van der Waals surface area contributed by atoms with E-state index in [4.69, 9.17) is 4.42 Å². The minimum atomic E-state index is -3.46. The van der Waals surface area contributed by atoms with Crippen LogP contribution in [0.3, 0.4) is 0 Å². The van der Waals surface area contributed by atoms with Crippen LogP contribution < -0.4 is 5.76 Å². The first-order valence-electron chi connectivity index (χ1n) is 9.58. The lowest BCUT2D eigenvalue weighted by molar-refractivity contribution is -0.131. The third-order valence-corrected chi connectivity index (χ3v) is 7.43. The van der Waals surface area contributed by atoms with Gasteiger partial charge in [0.15, 0.2) is 5.58 Å². The van der Waals surface area contributed by atoms with Gasteiger partial charge in [-0.05, 0) is 31.4 Å². The first-order valence-corrected chi connectivity index (χ1v) is 11.0. The lowest BCUT2D eigenvalue weighted by Crippen LogP contribution is -2.44. The summed E-state index contributed by atoms with van der Waals surface area (Å²) in [6.07, 6.45) is 2.36. The van der Waals surface area contributed by atoms with Gasteiger partial charge in [0.2, 0.25) is 5.91 Å². The van der Waals surface area contributed by atoms with Crippen LogP contribution in [0.15, 0.2) is 33.5 Å². The standard InChI is InChI=1S/C18H24N4O5S/c23-17(14-22-15-6-1-2-7-16(15)27-18(22)24)19-8-5-11-21(13-12-19)28(25,26)20-9-3-4-10-20/h1-2,6-7H,3-5,8-14H2. The Morgan fingerprint density at radius 3 is 2.39 bits per heavy atom. The highest BCUT2D eigenvalue weighted by molar-refractivity contribution is 7.86. The van der Waals surface area contributed by atoms with Crippen molar-refractivity contribution in [2.24, 2.45) is 0 Å². The van der Waals surface area contributed by atoms with E-state index in [1.165, 1.54) is 13.2 Å². The fraction of sp³-hybridized carbons (Fsp3) is 0.556. The molecule has 0 bridgehead atoms. The van der Waals surface area contributed by atoms with E-state index in [-0.39, 0.29) is 19.0 Å². The Balaban J connectivity index is 1.45. The molecule has 28 heavy (non-hydrogen) atoms. The molecule has 0 spiro atoms. The highest BCUT2D eigenvalue weighted by Crippen LogP contribution is 2.18. The molecule has 2 aromatic rings. The van der Waals surface area contributed by atoms with Crippen molar-refractivity contribution < 1.29 is 17.6 Å². The molecule has 2 aliphatic heterocycles. The maximum atomic E-state index is 12.8. The van der Waals surface area contributed by atoms with Crippen LogP contribution in [0, 0.1) is 0 Å². The fourth-order valence-electron chi connectivity index (χ4n) is 3.85. The molecule has 2 aliphatic rings. The maximum absolute atomic E-state index is 12.8. The SMILES string of the molecule is O=C(Cn1c(=O)oc2ccccc21)N1CCCN(S(=O)(=O)N2CCCC2)CC1. The van der Waals surface area contributed by atoms with E-state index in [2.05, 4.69) is 0 Å². The van der Waals surface area contributed by atoms with Gasteiger partial charge in [-0.15, -0.1) is 0 Å². The lowest BCUT2D eigenvalue weighted by atomic mass is 10.3. The predicted octanol–water partition coefficient (Wildman–Crippen LogP) is 0.469. The van der Waals surface area contributed by atoms with E-state index in [1.807, 2.05) is 0 Å². The van der Waals surface area contributed by atoms with E-state index in [0.717, 1.165) is 12.8 Å². The van der Waals surface area contributed by atoms with Gasteiger partial charge < -0.3 is 9.32 Å². The van der Waals surface area contributed by atoms with Gasteiger partial charge in [0, 0.05) is 39.3 Å². The third-order valence-electron chi connectivity index (χ3n) is 5.39. The summed E-state index contributed by atoms with van der Waals surface area (Å²) in [5.74, 6) is -0.781. The van der Waals surface area contributed by atoms with Gasteiger partial charge in [-0.2, -0.15) is 17.0 Å². The Bertz CT molecular complexity index is 1020. The van der Waals surface area contributed by atoms with Gasteiger partial charge in [0.25, 0.3) is 10.2 Å². The van der Waals surface area contributed by atoms with Crippen LogP contribution in [0.2, 0.25) is 0 Å². The molecular formula is C18H24N4O5S. The van der Waals surface area contributed by atoms with Crippen molar-refractivity contribution in [1.82, 2.24) is 18.1 Å². The molecule has 0 N–H and O–H groups in total. The van der Waals surface area contributed by atoms with Gasteiger partial charge in [0.1, 0.15) is 6.54 Å². The summed E-state index contributed by atoms with van der Waals surface area (Å²) in [5, 5.41) is 0. The molecule has 2 saturated heterocycles. The predicted molar refractivity (Wildman–Crippen MR) is 103 cm³/mol. The van der Waals surface area contributed by atoms with E-state index in [1.54, 1.807) is 29.2 Å². The van der Waals surface area contributed by atoms with E-state index in [0.29, 0.717) is 50.2 Å². The van der Waals surface area contributed by atoms with Crippen LogP contribution >= 0.6 is 0 Å². The van der Waals surface area contributed by atoms with Crippen molar-refractivity contribution in [2.75, 3.05) is 39.3 Å². The largest absolute Gasteiger partial charge is 0.420 e. The third kappa shape index (κ3) is 3.59. The minimum Gasteiger partial charge on any atom is -0.408 e. The zero-order chi connectivity index (χ0) is 19.7. The number of oxazole rings is 1. The van der Waals surface area contributed by atoms with Gasteiger partial charge in [-0.25, -0.2) is 4.79 Å². The normalized spacial score (nSPS) is 19.9. The second-order valence-electron chi connectivity index (χ2n) is 7.17. The van der Waals surface area contributed by atoms with Crippen LogP contribution in [-0.2, 0) is 21.5 Å². The number of amides is 1. The Hall–Kier alpha value is -2.17. The summed E-state index contributed by atoms with van der Waals surface area (Å²) in [4.78, 5) is 26.5. The summed E-state index contributed by atoms with van der Waals surface area (Å²) in [6, 6.07) is 6.97. The fourth-order valence-corrected chi connectivity index (χ4v) is 5.57. The Morgan fingerprint density at radius 2 is 1.61 bits per heavy atom. The molecule has 1 aromatic carbocycles. The second kappa shape index (κ2) is 7.69. The number of carbonyl (C=O) groups is 1. The number of hydrogen-bond donors (Lipinski definition) is 0. The summed E-state index contributed by atoms with van der Waals surface area (Å²) >= 11 is 0. The quantitative estimate of drug-likeness (QED) is 0.733. The van der Waals surface area contributed by atoms with Crippen LogP contribution in [0.1, 0.15) is 19.3 Å². The molecule has 0 atom stereocenters. The van der Waals surface area contributed by atoms with Crippen molar-refractivity contribution in [1.29, 1.82) is 0 Å². The Morgan fingerprint density at radius 1 is 0.929 bits per heavy atom. The zero-order valence-corrected chi connectivity index (χ0v) is 16.4. The van der Waals surface area contributed by atoms with Crippen molar-refractivity contribution in [3.05, 3.63) is 34.8 Å². The average Bonchev–Trinajstić information content (AvgIpc) is 3.24. The molecule has 1 amide bonds. The summed E-state index contributed by atoms with van der Waals surface area (Å²) < 4.78 is 35.0. The van der Waals surface area contributed by atoms with Gasteiger partial charge in [-0.1, -0.05) is 12.1 Å². The molecule has 152 valence electrons. The topological polar surface area (TPSA) is 96.1 Å². The molecule has 10 heteroatoms. The van der Waals surface area contributed by atoms with Crippen LogP contribution in [0.5, 0.6) is 0 Å². The number of para-hydroxylation sites is 2. The van der Waals surface area contributed by atoms with E-state index < -0.39 is 16.0 Å².